The van der Waals surface area contributed by atoms with Gasteiger partial charge in [0.25, 0.3) is 0 Å². The summed E-state index contributed by atoms with van der Waals surface area (Å²) in [5.41, 5.74) is 1.15. The molecule has 0 unspecified atom stereocenters. The lowest BCUT2D eigenvalue weighted by Crippen LogP contribution is -2.28. The maximum atomic E-state index is 5.43. The largest absolute Gasteiger partial charge is 0.493 e. The lowest BCUT2D eigenvalue weighted by Gasteiger charge is -2.21. The fraction of sp³-hybridized carbons (Fsp3) is 0.571. The molecule has 1 aromatic rings. The summed E-state index contributed by atoms with van der Waals surface area (Å²) in [6, 6.07) is 5.99. The van der Waals surface area contributed by atoms with Crippen LogP contribution in [0.1, 0.15) is 5.56 Å². The van der Waals surface area contributed by atoms with E-state index >= 15 is 0 Å². The number of benzene rings is 1. The highest BCUT2D eigenvalue weighted by molar-refractivity contribution is 5.46. The average molecular weight is 252 g/mol. The van der Waals surface area contributed by atoms with Crippen LogP contribution in [0, 0.1) is 0 Å². The van der Waals surface area contributed by atoms with Crippen molar-refractivity contribution in [3.8, 4) is 11.5 Å². The topological polar surface area (TPSA) is 24.9 Å². The van der Waals surface area contributed by atoms with Gasteiger partial charge in [0.05, 0.1) is 14.2 Å². The van der Waals surface area contributed by atoms with Crippen molar-refractivity contribution in [1.82, 2.24) is 9.80 Å². The minimum absolute atomic E-state index is 0.788. The van der Waals surface area contributed by atoms with Crippen LogP contribution in [-0.4, -0.2) is 58.3 Å². The van der Waals surface area contributed by atoms with Gasteiger partial charge in [-0.3, -0.25) is 0 Å². The van der Waals surface area contributed by atoms with Crippen LogP contribution in [0.3, 0.4) is 0 Å². The monoisotopic (exact) mass is 252 g/mol. The van der Waals surface area contributed by atoms with E-state index in [4.69, 9.17) is 9.47 Å². The van der Waals surface area contributed by atoms with Gasteiger partial charge in [-0.05, 0) is 27.2 Å². The molecule has 0 aromatic heterocycles. The van der Waals surface area contributed by atoms with Crippen LogP contribution in [0.4, 0.5) is 0 Å². The van der Waals surface area contributed by atoms with Gasteiger partial charge in [0.2, 0.25) is 0 Å². The second kappa shape index (κ2) is 7.24. The molecule has 0 spiro atoms. The van der Waals surface area contributed by atoms with Gasteiger partial charge in [0.15, 0.2) is 11.5 Å². The van der Waals surface area contributed by atoms with Gasteiger partial charge in [-0.2, -0.15) is 0 Å². The van der Waals surface area contributed by atoms with Crippen molar-refractivity contribution < 1.29 is 9.47 Å². The van der Waals surface area contributed by atoms with Crippen LogP contribution in [0.25, 0.3) is 0 Å². The van der Waals surface area contributed by atoms with Crippen molar-refractivity contribution in [2.24, 2.45) is 0 Å². The molecule has 0 radical (unpaired) electrons. The summed E-state index contributed by atoms with van der Waals surface area (Å²) in [4.78, 5) is 4.45. The van der Waals surface area contributed by atoms with E-state index in [0.717, 1.165) is 36.7 Å². The first-order chi connectivity index (χ1) is 8.58. The van der Waals surface area contributed by atoms with E-state index in [1.54, 1.807) is 14.2 Å². The summed E-state index contributed by atoms with van der Waals surface area (Å²) in [6.45, 7) is 2.92. The zero-order valence-electron chi connectivity index (χ0n) is 12.1. The zero-order chi connectivity index (χ0) is 13.5. The minimum atomic E-state index is 0.788. The number of methoxy groups -OCH3 is 2. The molecular weight excluding hydrogens is 228 g/mol. The third kappa shape index (κ3) is 4.20. The normalized spacial score (nSPS) is 11.1. The highest BCUT2D eigenvalue weighted by Gasteiger charge is 2.11. The Morgan fingerprint density at radius 2 is 1.72 bits per heavy atom. The number of rotatable bonds is 7. The summed E-state index contributed by atoms with van der Waals surface area (Å²) in [6.07, 6.45) is 0. The van der Waals surface area contributed by atoms with Crippen LogP contribution in [0.2, 0.25) is 0 Å². The number of hydrogen-bond acceptors (Lipinski definition) is 4. The zero-order valence-corrected chi connectivity index (χ0v) is 12.1. The Morgan fingerprint density at radius 1 is 1.00 bits per heavy atom. The van der Waals surface area contributed by atoms with E-state index in [0.29, 0.717) is 0 Å². The number of hydrogen-bond donors (Lipinski definition) is 0. The van der Waals surface area contributed by atoms with Crippen LogP contribution in [0.15, 0.2) is 18.2 Å². The van der Waals surface area contributed by atoms with E-state index < -0.39 is 0 Å². The maximum Gasteiger partial charge on any atom is 0.165 e. The smallest absolute Gasteiger partial charge is 0.165 e. The molecule has 102 valence electrons. The van der Waals surface area contributed by atoms with E-state index in [9.17, 15) is 0 Å². The fourth-order valence-electron chi connectivity index (χ4n) is 1.82. The Balaban J connectivity index is 2.71. The van der Waals surface area contributed by atoms with E-state index in [1.807, 2.05) is 12.1 Å². The van der Waals surface area contributed by atoms with Gasteiger partial charge in [0, 0.05) is 25.2 Å². The molecule has 4 heteroatoms. The molecule has 1 rings (SSSR count). The minimum Gasteiger partial charge on any atom is -0.493 e. The molecule has 0 saturated carbocycles. The molecule has 0 N–H and O–H groups in total. The van der Waals surface area contributed by atoms with Crippen LogP contribution in [0.5, 0.6) is 11.5 Å². The summed E-state index contributed by atoms with van der Waals surface area (Å²) in [7, 11) is 9.63. The summed E-state index contributed by atoms with van der Waals surface area (Å²) in [5, 5.41) is 0. The molecule has 0 atom stereocenters. The SMILES string of the molecule is COc1cccc(CN(C)CCN(C)C)c1OC. The second-order valence-electron chi connectivity index (χ2n) is 4.69. The Labute approximate surface area is 110 Å². The van der Waals surface area contributed by atoms with Gasteiger partial charge in [-0.25, -0.2) is 0 Å². The lowest BCUT2D eigenvalue weighted by atomic mass is 10.1. The van der Waals surface area contributed by atoms with Gasteiger partial charge < -0.3 is 19.3 Å². The first-order valence-corrected chi connectivity index (χ1v) is 6.11. The van der Waals surface area contributed by atoms with Gasteiger partial charge in [0.1, 0.15) is 0 Å². The standard InChI is InChI=1S/C14H24N2O2/c1-15(2)9-10-16(3)11-12-7-6-8-13(17-4)14(12)18-5/h6-8H,9-11H2,1-5H3. The van der Waals surface area contributed by atoms with Gasteiger partial charge in [-0.15, -0.1) is 0 Å². The van der Waals surface area contributed by atoms with Crippen LogP contribution < -0.4 is 9.47 Å². The fourth-order valence-corrected chi connectivity index (χ4v) is 1.82. The third-order valence-electron chi connectivity index (χ3n) is 2.85. The van der Waals surface area contributed by atoms with Crippen molar-refractivity contribution in [2.45, 2.75) is 6.54 Å². The van der Waals surface area contributed by atoms with E-state index in [1.165, 1.54) is 0 Å². The van der Waals surface area contributed by atoms with Crippen molar-refractivity contribution in [3.63, 3.8) is 0 Å². The molecule has 0 aliphatic heterocycles. The first-order valence-electron chi connectivity index (χ1n) is 6.11. The number of likely N-dealkylation sites (N-methyl/N-ethyl adjacent to an activating group) is 2. The molecule has 0 saturated heterocycles. The number of para-hydroxylation sites is 1. The molecule has 0 fully saturated rings. The quantitative estimate of drug-likeness (QED) is 0.737. The summed E-state index contributed by atoms with van der Waals surface area (Å²) >= 11 is 0. The summed E-state index contributed by atoms with van der Waals surface area (Å²) in [5.74, 6) is 1.62. The average Bonchev–Trinajstić information content (AvgIpc) is 2.36. The lowest BCUT2D eigenvalue weighted by molar-refractivity contribution is 0.270. The maximum absolute atomic E-state index is 5.43. The highest BCUT2D eigenvalue weighted by Crippen LogP contribution is 2.31. The Bertz CT molecular complexity index is 367. The molecular formula is C14H24N2O2. The highest BCUT2D eigenvalue weighted by atomic mass is 16.5. The Morgan fingerprint density at radius 3 is 2.28 bits per heavy atom. The van der Waals surface area contributed by atoms with Gasteiger partial charge >= 0.3 is 0 Å². The molecule has 0 heterocycles. The molecule has 0 aliphatic carbocycles. The van der Waals surface area contributed by atoms with Crippen molar-refractivity contribution in [3.05, 3.63) is 23.8 Å². The van der Waals surface area contributed by atoms with E-state index in [2.05, 4.69) is 37.0 Å². The molecule has 0 amide bonds. The third-order valence-corrected chi connectivity index (χ3v) is 2.85. The second-order valence-corrected chi connectivity index (χ2v) is 4.69. The van der Waals surface area contributed by atoms with Crippen molar-refractivity contribution >= 4 is 0 Å². The number of nitrogens with zero attached hydrogens (tertiary/aromatic N) is 2. The molecule has 4 nitrogen and oxygen atoms in total. The van der Waals surface area contributed by atoms with Crippen molar-refractivity contribution in [1.29, 1.82) is 0 Å². The van der Waals surface area contributed by atoms with Crippen LogP contribution in [-0.2, 0) is 6.54 Å². The molecule has 1 aromatic carbocycles. The Kier molecular flexibility index (Phi) is 5.95. The first kappa shape index (κ1) is 14.8. The predicted octanol–water partition coefficient (Wildman–Crippen LogP) is 1.70. The number of ether oxygens (including phenoxy) is 2. The van der Waals surface area contributed by atoms with Crippen molar-refractivity contribution in [2.75, 3.05) is 48.5 Å². The van der Waals surface area contributed by atoms with E-state index in [-0.39, 0.29) is 0 Å². The molecule has 18 heavy (non-hydrogen) atoms. The predicted molar refractivity (Wildman–Crippen MR) is 74.4 cm³/mol. The molecule has 0 bridgehead atoms. The van der Waals surface area contributed by atoms with Gasteiger partial charge in [-0.1, -0.05) is 12.1 Å². The summed E-state index contributed by atoms with van der Waals surface area (Å²) < 4.78 is 10.7. The van der Waals surface area contributed by atoms with Crippen LogP contribution >= 0.6 is 0 Å². The Hall–Kier alpha value is -1.26. The molecule has 0 aliphatic rings.